The third kappa shape index (κ3) is 4.70. The minimum atomic E-state index is -0.103. The summed E-state index contributed by atoms with van der Waals surface area (Å²) in [5, 5.41) is 2.52. The van der Waals surface area contributed by atoms with Gasteiger partial charge >= 0.3 is 0 Å². The predicted molar refractivity (Wildman–Crippen MR) is 225 cm³/mol. The van der Waals surface area contributed by atoms with E-state index in [4.69, 9.17) is 0 Å². The fourth-order valence-corrected chi connectivity index (χ4v) is 9.40. The zero-order valence-corrected chi connectivity index (χ0v) is 30.7. The largest absolute Gasteiger partial charge is 0.310 e. The maximum absolute atomic E-state index is 2.50. The Morgan fingerprint density at radius 1 is 0.358 bits per heavy atom. The van der Waals surface area contributed by atoms with E-state index in [2.05, 4.69) is 209 Å². The van der Waals surface area contributed by atoms with Gasteiger partial charge in [-0.05, 0) is 102 Å². The predicted octanol–water partition coefficient (Wildman–Crippen LogP) is 14.3. The second-order valence-electron chi connectivity index (χ2n) is 15.7. The Morgan fingerprint density at radius 3 is 1.74 bits per heavy atom. The molecule has 254 valence electrons. The first-order chi connectivity index (χ1) is 25.8. The zero-order valence-electron chi connectivity index (χ0n) is 30.7. The molecule has 53 heavy (non-hydrogen) atoms. The van der Waals surface area contributed by atoms with Crippen molar-refractivity contribution in [3.8, 4) is 44.5 Å². The molecule has 0 bridgehead atoms. The number of hydrogen-bond acceptors (Lipinski definition) is 1. The van der Waals surface area contributed by atoms with Crippen molar-refractivity contribution in [3.63, 3.8) is 0 Å². The Labute approximate surface area is 312 Å². The highest BCUT2D eigenvalue weighted by atomic mass is 15.1. The van der Waals surface area contributed by atoms with Gasteiger partial charge in [-0.25, -0.2) is 0 Å². The summed E-state index contributed by atoms with van der Waals surface area (Å²) >= 11 is 0. The van der Waals surface area contributed by atoms with Crippen molar-refractivity contribution in [1.82, 2.24) is 0 Å². The maximum atomic E-state index is 2.50. The Morgan fingerprint density at radius 2 is 0.943 bits per heavy atom. The lowest BCUT2D eigenvalue weighted by atomic mass is 9.82. The van der Waals surface area contributed by atoms with Crippen LogP contribution >= 0.6 is 0 Å². The Kier molecular flexibility index (Phi) is 6.94. The molecule has 1 nitrogen and oxygen atoms in total. The smallest absolute Gasteiger partial charge is 0.0543 e. The second-order valence-corrected chi connectivity index (χ2v) is 15.7. The fraction of sp³-hybridized carbons (Fsp3) is 0.115. The van der Waals surface area contributed by atoms with E-state index in [0.29, 0.717) is 0 Å². The van der Waals surface area contributed by atoms with E-state index in [0.717, 1.165) is 5.69 Å². The summed E-state index contributed by atoms with van der Waals surface area (Å²) in [6, 6.07) is 65.3. The van der Waals surface area contributed by atoms with Crippen molar-refractivity contribution in [3.05, 3.63) is 198 Å². The fourth-order valence-electron chi connectivity index (χ4n) is 9.40. The van der Waals surface area contributed by atoms with E-state index in [1.54, 1.807) is 0 Å². The minimum absolute atomic E-state index is 0.0943. The molecule has 0 saturated heterocycles. The summed E-state index contributed by atoms with van der Waals surface area (Å²) in [6.45, 7) is 9.47. The number of benzene rings is 8. The molecule has 8 aromatic carbocycles. The summed E-state index contributed by atoms with van der Waals surface area (Å²) in [4.78, 5) is 2.50. The van der Waals surface area contributed by atoms with Gasteiger partial charge in [-0.1, -0.05) is 173 Å². The van der Waals surface area contributed by atoms with Crippen molar-refractivity contribution in [1.29, 1.82) is 0 Å². The van der Waals surface area contributed by atoms with Crippen LogP contribution in [0.25, 0.3) is 55.3 Å². The lowest BCUT2D eigenvalue weighted by Gasteiger charge is -2.30. The van der Waals surface area contributed by atoms with Crippen LogP contribution in [0.3, 0.4) is 0 Å². The van der Waals surface area contributed by atoms with Gasteiger partial charge in [-0.2, -0.15) is 0 Å². The summed E-state index contributed by atoms with van der Waals surface area (Å²) in [7, 11) is 0. The van der Waals surface area contributed by atoms with Crippen molar-refractivity contribution in [2.24, 2.45) is 0 Å². The lowest BCUT2D eigenvalue weighted by molar-refractivity contribution is 0.660. The average molecular weight is 680 g/mol. The number of nitrogens with zero attached hydrogens (tertiary/aromatic N) is 1. The van der Waals surface area contributed by atoms with Gasteiger partial charge in [0.1, 0.15) is 0 Å². The van der Waals surface area contributed by atoms with E-state index >= 15 is 0 Å². The highest BCUT2D eigenvalue weighted by Crippen LogP contribution is 2.55. The quantitative estimate of drug-likeness (QED) is 0.175. The van der Waals surface area contributed by atoms with Crippen molar-refractivity contribution in [2.45, 2.75) is 38.5 Å². The highest BCUT2D eigenvalue weighted by molar-refractivity contribution is 6.04. The SMILES string of the molecule is CC1(C)c2ccccc2-c2ccc(N(c3ccc(-c4ccc5ccccc5c4-c4ccccc4)cc3)c3cccc4c3-c3ccccc3C4(C)C)cc21. The maximum Gasteiger partial charge on any atom is 0.0543 e. The van der Waals surface area contributed by atoms with E-state index in [9.17, 15) is 0 Å². The molecule has 1 heteroatoms. The molecule has 2 aliphatic rings. The van der Waals surface area contributed by atoms with Crippen molar-refractivity contribution < 1.29 is 0 Å². The molecular weight excluding hydrogens is 639 g/mol. The van der Waals surface area contributed by atoms with Gasteiger partial charge in [0.2, 0.25) is 0 Å². The van der Waals surface area contributed by atoms with Crippen molar-refractivity contribution >= 4 is 27.8 Å². The van der Waals surface area contributed by atoms with E-state index in [-0.39, 0.29) is 10.8 Å². The van der Waals surface area contributed by atoms with Gasteiger partial charge in [0.25, 0.3) is 0 Å². The van der Waals surface area contributed by atoms with Gasteiger partial charge in [-0.15, -0.1) is 0 Å². The lowest BCUT2D eigenvalue weighted by Crippen LogP contribution is -2.17. The zero-order chi connectivity index (χ0) is 35.9. The monoisotopic (exact) mass is 679 g/mol. The molecule has 0 aliphatic heterocycles. The first-order valence-electron chi connectivity index (χ1n) is 18.8. The van der Waals surface area contributed by atoms with Crippen LogP contribution in [0.5, 0.6) is 0 Å². The summed E-state index contributed by atoms with van der Waals surface area (Å²) in [5.41, 5.74) is 19.1. The minimum Gasteiger partial charge on any atom is -0.310 e. The molecule has 0 saturated carbocycles. The van der Waals surface area contributed by atoms with Crippen molar-refractivity contribution in [2.75, 3.05) is 4.90 Å². The molecule has 0 unspecified atom stereocenters. The Bertz CT molecular complexity index is 2710. The van der Waals surface area contributed by atoms with Gasteiger partial charge in [0.15, 0.2) is 0 Å². The average Bonchev–Trinajstić information content (AvgIpc) is 3.58. The second kappa shape index (κ2) is 11.7. The number of hydrogen-bond donors (Lipinski definition) is 0. The molecular formula is C52H41N. The van der Waals surface area contributed by atoms with Crippen LogP contribution in [0.2, 0.25) is 0 Å². The molecule has 10 rings (SSSR count). The van der Waals surface area contributed by atoms with Gasteiger partial charge in [0.05, 0.1) is 5.69 Å². The highest BCUT2D eigenvalue weighted by Gasteiger charge is 2.39. The molecule has 0 heterocycles. The first-order valence-corrected chi connectivity index (χ1v) is 18.8. The molecule has 0 radical (unpaired) electrons. The molecule has 0 spiro atoms. The van der Waals surface area contributed by atoms with Crippen LogP contribution in [0.4, 0.5) is 17.1 Å². The number of rotatable bonds is 5. The number of fused-ring (bicyclic) bond motifs is 7. The third-order valence-electron chi connectivity index (χ3n) is 12.1. The Hall–Kier alpha value is -6.18. The number of anilines is 3. The summed E-state index contributed by atoms with van der Waals surface area (Å²) in [5.74, 6) is 0. The van der Waals surface area contributed by atoms with Gasteiger partial charge in [0, 0.05) is 27.8 Å². The molecule has 0 N–H and O–H groups in total. The molecule has 0 amide bonds. The van der Waals surface area contributed by atoms with E-state index in [1.165, 1.54) is 88.9 Å². The van der Waals surface area contributed by atoms with Crippen LogP contribution in [0.15, 0.2) is 176 Å². The van der Waals surface area contributed by atoms with Crippen LogP contribution in [0, 0.1) is 0 Å². The Balaban J connectivity index is 1.18. The first kappa shape index (κ1) is 31.5. The standard InChI is InChI=1S/C52H41N/c1-51(2)45-22-13-11-20-43(45)50-46(51)23-14-24-48(50)53(38-30-32-42-41-19-10-12-21-44(41)52(3,4)47(42)33-38)37-28-25-35(26-29-37)40-31-27-34-15-8-9-18-39(34)49(40)36-16-6-5-7-17-36/h5-33H,1-4H3. The third-order valence-corrected chi connectivity index (χ3v) is 12.1. The van der Waals surface area contributed by atoms with E-state index < -0.39 is 0 Å². The normalized spacial score (nSPS) is 14.3. The van der Waals surface area contributed by atoms with Gasteiger partial charge < -0.3 is 4.90 Å². The van der Waals surface area contributed by atoms with Crippen LogP contribution in [-0.2, 0) is 10.8 Å². The molecule has 0 aromatic heterocycles. The molecule has 8 aromatic rings. The van der Waals surface area contributed by atoms with E-state index in [1.807, 2.05) is 0 Å². The van der Waals surface area contributed by atoms with Gasteiger partial charge in [-0.3, -0.25) is 0 Å². The van der Waals surface area contributed by atoms with Crippen LogP contribution in [0.1, 0.15) is 49.9 Å². The van der Waals surface area contributed by atoms with Crippen LogP contribution < -0.4 is 4.90 Å². The molecule has 0 atom stereocenters. The summed E-state index contributed by atoms with van der Waals surface area (Å²) < 4.78 is 0. The topological polar surface area (TPSA) is 3.24 Å². The van der Waals surface area contributed by atoms with Crippen LogP contribution in [-0.4, -0.2) is 0 Å². The molecule has 0 fully saturated rings. The summed E-state index contributed by atoms with van der Waals surface area (Å²) in [6.07, 6.45) is 0. The molecule has 2 aliphatic carbocycles.